The van der Waals surface area contributed by atoms with Crippen molar-refractivity contribution in [2.45, 2.75) is 6.92 Å². The molecule has 0 bridgehead atoms. The Morgan fingerprint density at radius 1 is 1.29 bits per heavy atom. The Morgan fingerprint density at radius 2 is 2.00 bits per heavy atom. The van der Waals surface area contributed by atoms with E-state index in [4.69, 9.17) is 16.6 Å². The standard InChI is InChI=1S/C16H13N3O4S/c1-2-18-15(20)13(17-16(18)24)9-12-7-8-14(23-12)10-3-5-11(6-4-10)19(21)22/h3-9H,2H2,1H3,(H,17,24)/b13-9-. The van der Waals surface area contributed by atoms with Crippen LogP contribution in [0.4, 0.5) is 5.69 Å². The largest absolute Gasteiger partial charge is 0.457 e. The van der Waals surface area contributed by atoms with E-state index in [1.54, 1.807) is 30.3 Å². The maximum absolute atomic E-state index is 12.1. The molecular formula is C16H13N3O4S. The van der Waals surface area contributed by atoms with Gasteiger partial charge in [-0.15, -0.1) is 0 Å². The van der Waals surface area contributed by atoms with E-state index < -0.39 is 4.92 Å². The van der Waals surface area contributed by atoms with Crippen molar-refractivity contribution >= 4 is 35.0 Å². The Hall–Kier alpha value is -3.00. The molecule has 2 heterocycles. The molecule has 0 aliphatic carbocycles. The maximum Gasteiger partial charge on any atom is 0.276 e. The maximum atomic E-state index is 12.1. The smallest absolute Gasteiger partial charge is 0.276 e. The Balaban J connectivity index is 1.83. The summed E-state index contributed by atoms with van der Waals surface area (Å²) in [5.41, 5.74) is 1.08. The second-order valence-electron chi connectivity index (χ2n) is 5.04. The Bertz CT molecular complexity index is 854. The molecule has 0 atom stereocenters. The summed E-state index contributed by atoms with van der Waals surface area (Å²) in [6, 6.07) is 9.51. The molecule has 122 valence electrons. The van der Waals surface area contributed by atoms with Crippen LogP contribution >= 0.6 is 12.2 Å². The molecule has 1 amide bonds. The molecule has 0 unspecified atom stereocenters. The lowest BCUT2D eigenvalue weighted by atomic mass is 10.1. The number of amides is 1. The van der Waals surface area contributed by atoms with Gasteiger partial charge in [0.05, 0.1) is 4.92 Å². The van der Waals surface area contributed by atoms with Crippen LogP contribution in [0.25, 0.3) is 17.4 Å². The number of carbonyl (C=O) groups excluding carboxylic acids is 1. The van der Waals surface area contributed by atoms with E-state index in [9.17, 15) is 14.9 Å². The lowest BCUT2D eigenvalue weighted by molar-refractivity contribution is -0.384. The lowest BCUT2D eigenvalue weighted by Crippen LogP contribution is -2.30. The minimum atomic E-state index is -0.457. The van der Waals surface area contributed by atoms with Gasteiger partial charge in [0.2, 0.25) is 0 Å². The molecule has 8 heteroatoms. The molecular weight excluding hydrogens is 330 g/mol. The Kier molecular flexibility index (Phi) is 4.13. The molecule has 1 aromatic carbocycles. The minimum Gasteiger partial charge on any atom is -0.457 e. The van der Waals surface area contributed by atoms with Crippen LogP contribution in [0.5, 0.6) is 0 Å². The summed E-state index contributed by atoms with van der Waals surface area (Å²) >= 11 is 5.09. The highest BCUT2D eigenvalue weighted by Gasteiger charge is 2.29. The summed E-state index contributed by atoms with van der Waals surface area (Å²) in [5.74, 6) is 0.841. The number of nitrogens with one attached hydrogen (secondary N) is 1. The van der Waals surface area contributed by atoms with Crippen LogP contribution in [-0.2, 0) is 4.79 Å². The van der Waals surface area contributed by atoms with Gasteiger partial charge in [0.15, 0.2) is 5.11 Å². The fraction of sp³-hybridized carbons (Fsp3) is 0.125. The summed E-state index contributed by atoms with van der Waals surface area (Å²) in [7, 11) is 0. The Morgan fingerprint density at radius 3 is 2.58 bits per heavy atom. The SMILES string of the molecule is CCN1C(=O)/C(=C/c2ccc(-c3ccc([N+](=O)[O-])cc3)o2)NC1=S. The molecule has 1 fully saturated rings. The van der Waals surface area contributed by atoms with Crippen molar-refractivity contribution in [2.75, 3.05) is 6.54 Å². The van der Waals surface area contributed by atoms with Gasteiger partial charge in [0, 0.05) is 30.3 Å². The zero-order valence-electron chi connectivity index (χ0n) is 12.7. The molecule has 3 rings (SSSR count). The second-order valence-corrected chi connectivity index (χ2v) is 5.43. The molecule has 0 saturated carbocycles. The molecule has 24 heavy (non-hydrogen) atoms. The summed E-state index contributed by atoms with van der Waals surface area (Å²) in [6.07, 6.45) is 1.58. The highest BCUT2D eigenvalue weighted by molar-refractivity contribution is 7.80. The zero-order valence-corrected chi connectivity index (χ0v) is 13.5. The molecule has 2 aromatic rings. The fourth-order valence-corrected chi connectivity index (χ4v) is 2.66. The van der Waals surface area contributed by atoms with Crippen LogP contribution in [-0.4, -0.2) is 27.4 Å². The first kappa shape index (κ1) is 15.9. The average Bonchev–Trinajstić information content (AvgIpc) is 3.13. The number of nitrogens with zero attached hydrogens (tertiary/aromatic N) is 2. The summed E-state index contributed by atoms with van der Waals surface area (Å²) < 4.78 is 5.68. The second kappa shape index (κ2) is 6.25. The van der Waals surface area contributed by atoms with Gasteiger partial charge in [-0.2, -0.15) is 0 Å². The quantitative estimate of drug-likeness (QED) is 0.397. The van der Waals surface area contributed by atoms with Crippen molar-refractivity contribution < 1.29 is 14.1 Å². The van der Waals surface area contributed by atoms with Gasteiger partial charge in [0.25, 0.3) is 11.6 Å². The molecule has 0 radical (unpaired) electrons. The number of hydrogen-bond acceptors (Lipinski definition) is 5. The van der Waals surface area contributed by atoms with Crippen molar-refractivity contribution in [3.8, 4) is 11.3 Å². The van der Waals surface area contributed by atoms with Gasteiger partial charge < -0.3 is 9.73 Å². The summed E-state index contributed by atoms with van der Waals surface area (Å²) in [6.45, 7) is 2.34. The van der Waals surface area contributed by atoms with Crippen LogP contribution in [0.3, 0.4) is 0 Å². The van der Waals surface area contributed by atoms with Crippen LogP contribution in [0.2, 0.25) is 0 Å². The number of furan rings is 1. The third-order valence-electron chi connectivity index (χ3n) is 3.55. The monoisotopic (exact) mass is 343 g/mol. The van der Waals surface area contributed by atoms with Gasteiger partial charge in [-0.3, -0.25) is 19.8 Å². The first-order chi connectivity index (χ1) is 11.5. The number of non-ortho nitro benzene ring substituents is 1. The molecule has 1 aromatic heterocycles. The third kappa shape index (κ3) is 2.91. The van der Waals surface area contributed by atoms with Gasteiger partial charge in [0.1, 0.15) is 17.2 Å². The number of likely N-dealkylation sites (N-methyl/N-ethyl adjacent to an activating group) is 1. The lowest BCUT2D eigenvalue weighted by Gasteiger charge is -2.08. The predicted molar refractivity (Wildman–Crippen MR) is 91.9 cm³/mol. The Labute approximate surface area is 142 Å². The molecule has 1 saturated heterocycles. The van der Waals surface area contributed by atoms with Gasteiger partial charge in [-0.1, -0.05) is 0 Å². The van der Waals surface area contributed by atoms with Crippen LogP contribution in [0.15, 0.2) is 46.5 Å². The van der Waals surface area contributed by atoms with Crippen LogP contribution in [0.1, 0.15) is 12.7 Å². The number of benzene rings is 1. The molecule has 1 aliphatic heterocycles. The van der Waals surface area contributed by atoms with Gasteiger partial charge in [-0.25, -0.2) is 0 Å². The number of nitro benzene ring substituents is 1. The van der Waals surface area contributed by atoms with Crippen LogP contribution in [0, 0.1) is 10.1 Å². The predicted octanol–water partition coefficient (Wildman–Crippen LogP) is 2.93. The van der Waals surface area contributed by atoms with Crippen molar-refractivity contribution in [3.05, 3.63) is 58.0 Å². The molecule has 1 aliphatic rings. The average molecular weight is 343 g/mol. The van der Waals surface area contributed by atoms with Crippen LogP contribution < -0.4 is 5.32 Å². The summed E-state index contributed by atoms with van der Waals surface area (Å²) in [4.78, 5) is 23.8. The highest BCUT2D eigenvalue weighted by atomic mass is 32.1. The fourth-order valence-electron chi connectivity index (χ4n) is 2.33. The zero-order chi connectivity index (χ0) is 17.3. The number of rotatable bonds is 4. The molecule has 7 nitrogen and oxygen atoms in total. The molecule has 0 spiro atoms. The van der Waals surface area contributed by atoms with Gasteiger partial charge in [-0.05, 0) is 43.4 Å². The van der Waals surface area contributed by atoms with E-state index in [1.165, 1.54) is 17.0 Å². The minimum absolute atomic E-state index is 0.0153. The van der Waals surface area contributed by atoms with E-state index in [2.05, 4.69) is 5.32 Å². The number of thiocarbonyl (C=S) groups is 1. The summed E-state index contributed by atoms with van der Waals surface area (Å²) in [5, 5.41) is 13.9. The van der Waals surface area contributed by atoms with E-state index in [0.29, 0.717) is 34.4 Å². The van der Waals surface area contributed by atoms with E-state index >= 15 is 0 Å². The first-order valence-corrected chi connectivity index (χ1v) is 7.59. The molecule has 1 N–H and O–H groups in total. The first-order valence-electron chi connectivity index (χ1n) is 7.19. The van der Waals surface area contributed by atoms with Crippen molar-refractivity contribution in [1.82, 2.24) is 10.2 Å². The third-order valence-corrected chi connectivity index (χ3v) is 3.88. The number of carbonyl (C=O) groups is 1. The van der Waals surface area contributed by atoms with Crippen molar-refractivity contribution in [3.63, 3.8) is 0 Å². The topological polar surface area (TPSA) is 88.6 Å². The van der Waals surface area contributed by atoms with Crippen molar-refractivity contribution in [2.24, 2.45) is 0 Å². The van der Waals surface area contributed by atoms with E-state index in [-0.39, 0.29) is 11.6 Å². The van der Waals surface area contributed by atoms with Gasteiger partial charge >= 0.3 is 0 Å². The number of nitro groups is 1. The number of hydrogen-bond donors (Lipinski definition) is 1. The van der Waals surface area contributed by atoms with E-state index in [1.807, 2.05) is 6.92 Å². The van der Waals surface area contributed by atoms with Crippen molar-refractivity contribution in [1.29, 1.82) is 0 Å². The van der Waals surface area contributed by atoms with E-state index in [0.717, 1.165) is 0 Å². The highest BCUT2D eigenvalue weighted by Crippen LogP contribution is 2.26. The normalized spacial score (nSPS) is 15.9.